The molecule has 2 aromatic rings. The molecular formula is C17H21N3O3S. The Morgan fingerprint density at radius 3 is 2.79 bits per heavy atom. The number of fused-ring (bicyclic) bond motifs is 1. The van der Waals surface area contributed by atoms with Crippen LogP contribution in [0.25, 0.3) is 0 Å². The van der Waals surface area contributed by atoms with Crippen molar-refractivity contribution in [2.24, 2.45) is 0 Å². The fraction of sp³-hybridized carbons (Fsp3) is 0.471. The molecule has 1 aliphatic heterocycles. The summed E-state index contributed by atoms with van der Waals surface area (Å²) in [6.07, 6.45) is 0.699. The van der Waals surface area contributed by atoms with Gasteiger partial charge in [-0.1, -0.05) is 31.3 Å². The fourth-order valence-corrected chi connectivity index (χ4v) is 3.23. The number of hydrogen-bond donors (Lipinski definition) is 1. The zero-order chi connectivity index (χ0) is 17.2. The van der Waals surface area contributed by atoms with Gasteiger partial charge in [0.15, 0.2) is 11.5 Å². The highest BCUT2D eigenvalue weighted by atomic mass is 32.1. The minimum Gasteiger partial charge on any atom is -0.486 e. The van der Waals surface area contributed by atoms with E-state index in [0.717, 1.165) is 34.3 Å². The number of nitrogens with one attached hydrogen (secondary N) is 1. The number of carbonyl (C=O) groups is 1. The number of ether oxygens (including phenoxy) is 2. The van der Waals surface area contributed by atoms with Crippen LogP contribution in [-0.4, -0.2) is 35.3 Å². The molecule has 0 radical (unpaired) electrons. The quantitative estimate of drug-likeness (QED) is 0.900. The molecule has 6 nitrogen and oxygen atoms in total. The van der Waals surface area contributed by atoms with E-state index in [0.29, 0.717) is 31.1 Å². The van der Waals surface area contributed by atoms with Gasteiger partial charge in [-0.3, -0.25) is 4.79 Å². The van der Waals surface area contributed by atoms with E-state index in [1.54, 1.807) is 0 Å². The van der Waals surface area contributed by atoms with Gasteiger partial charge >= 0.3 is 0 Å². The van der Waals surface area contributed by atoms with Crippen LogP contribution in [0.3, 0.4) is 0 Å². The largest absolute Gasteiger partial charge is 0.486 e. The summed E-state index contributed by atoms with van der Waals surface area (Å²) in [6.45, 7) is 7.79. The SMILES string of the molecule is CCc1nnsc1C(=O)NCC(C)(C)c1ccc2c(c1)OCCO2. The number of rotatable bonds is 5. The van der Waals surface area contributed by atoms with Gasteiger partial charge < -0.3 is 14.8 Å². The maximum Gasteiger partial charge on any atom is 0.264 e. The van der Waals surface area contributed by atoms with E-state index >= 15 is 0 Å². The Bertz CT molecular complexity index is 742. The molecule has 0 unspecified atom stereocenters. The van der Waals surface area contributed by atoms with Gasteiger partial charge in [-0.15, -0.1) is 5.10 Å². The average molecular weight is 347 g/mol. The van der Waals surface area contributed by atoms with Crippen molar-refractivity contribution in [3.8, 4) is 11.5 Å². The maximum absolute atomic E-state index is 12.4. The summed E-state index contributed by atoms with van der Waals surface area (Å²) in [7, 11) is 0. The van der Waals surface area contributed by atoms with E-state index in [1.807, 2.05) is 25.1 Å². The highest BCUT2D eigenvalue weighted by Gasteiger charge is 2.25. The first-order chi connectivity index (χ1) is 11.5. The molecule has 0 atom stereocenters. The molecule has 24 heavy (non-hydrogen) atoms. The summed E-state index contributed by atoms with van der Waals surface area (Å²) in [5.74, 6) is 1.42. The number of aromatic nitrogens is 2. The monoisotopic (exact) mass is 347 g/mol. The second-order valence-electron chi connectivity index (χ2n) is 6.33. The van der Waals surface area contributed by atoms with Crippen LogP contribution in [0, 0.1) is 0 Å². The molecule has 3 rings (SSSR count). The second-order valence-corrected chi connectivity index (χ2v) is 7.08. The van der Waals surface area contributed by atoms with E-state index in [9.17, 15) is 4.79 Å². The topological polar surface area (TPSA) is 73.3 Å². The van der Waals surface area contributed by atoms with E-state index in [2.05, 4.69) is 28.8 Å². The molecule has 1 aromatic heterocycles. The number of carbonyl (C=O) groups excluding carboxylic acids is 1. The van der Waals surface area contributed by atoms with E-state index in [1.165, 1.54) is 0 Å². The Kier molecular flexibility index (Phi) is 4.71. The zero-order valence-corrected chi connectivity index (χ0v) is 14.9. The molecular weight excluding hydrogens is 326 g/mol. The molecule has 128 valence electrons. The molecule has 1 aliphatic rings. The standard InChI is InChI=1S/C17H21N3O3S/c1-4-12-15(24-20-19-12)16(21)18-10-17(2,3)11-5-6-13-14(9-11)23-8-7-22-13/h5-6,9H,4,7-8,10H2,1-3H3,(H,18,21). The van der Waals surface area contributed by atoms with Crippen molar-refractivity contribution in [3.63, 3.8) is 0 Å². The molecule has 1 aromatic carbocycles. The van der Waals surface area contributed by atoms with Gasteiger partial charge in [0.1, 0.15) is 18.1 Å². The first-order valence-corrected chi connectivity index (χ1v) is 8.78. The van der Waals surface area contributed by atoms with Crippen molar-refractivity contribution < 1.29 is 14.3 Å². The van der Waals surface area contributed by atoms with Crippen LogP contribution < -0.4 is 14.8 Å². The summed E-state index contributed by atoms with van der Waals surface area (Å²) >= 11 is 1.14. The first-order valence-electron chi connectivity index (χ1n) is 8.01. The summed E-state index contributed by atoms with van der Waals surface area (Å²) in [4.78, 5) is 13.0. The Morgan fingerprint density at radius 2 is 2.04 bits per heavy atom. The predicted octanol–water partition coefficient (Wildman–Crippen LogP) is 2.58. The smallest absolute Gasteiger partial charge is 0.264 e. The third-order valence-electron chi connectivity index (χ3n) is 4.11. The summed E-state index contributed by atoms with van der Waals surface area (Å²) < 4.78 is 15.1. The molecule has 0 aliphatic carbocycles. The third-order valence-corrected chi connectivity index (χ3v) is 4.88. The number of benzene rings is 1. The molecule has 0 spiro atoms. The van der Waals surface area contributed by atoms with Gasteiger partial charge in [-0.2, -0.15) is 0 Å². The lowest BCUT2D eigenvalue weighted by molar-refractivity contribution is 0.0948. The van der Waals surface area contributed by atoms with Crippen LogP contribution in [0.5, 0.6) is 11.5 Å². The van der Waals surface area contributed by atoms with Crippen molar-refractivity contribution in [2.45, 2.75) is 32.6 Å². The lowest BCUT2D eigenvalue weighted by atomic mass is 9.84. The molecule has 0 saturated heterocycles. The lowest BCUT2D eigenvalue weighted by Gasteiger charge is -2.27. The highest BCUT2D eigenvalue weighted by Crippen LogP contribution is 2.35. The molecule has 2 heterocycles. The Morgan fingerprint density at radius 1 is 1.29 bits per heavy atom. The normalized spacial score (nSPS) is 13.6. The van der Waals surface area contributed by atoms with Crippen LogP contribution in [-0.2, 0) is 11.8 Å². The van der Waals surface area contributed by atoms with Gasteiger partial charge in [0, 0.05) is 12.0 Å². The van der Waals surface area contributed by atoms with E-state index in [-0.39, 0.29) is 11.3 Å². The third kappa shape index (κ3) is 3.36. The molecule has 1 amide bonds. The van der Waals surface area contributed by atoms with Crippen molar-refractivity contribution in [1.29, 1.82) is 0 Å². The van der Waals surface area contributed by atoms with Gasteiger partial charge in [0.2, 0.25) is 0 Å². The summed E-state index contributed by atoms with van der Waals surface area (Å²) in [6, 6.07) is 5.94. The van der Waals surface area contributed by atoms with Crippen molar-refractivity contribution >= 4 is 17.4 Å². The number of aryl methyl sites for hydroxylation is 1. The number of nitrogens with zero attached hydrogens (tertiary/aromatic N) is 2. The minimum absolute atomic E-state index is 0.118. The summed E-state index contributed by atoms with van der Waals surface area (Å²) in [5.41, 5.74) is 1.59. The van der Waals surface area contributed by atoms with Crippen molar-refractivity contribution in [2.75, 3.05) is 19.8 Å². The fourth-order valence-electron chi connectivity index (χ4n) is 2.56. The number of amides is 1. The van der Waals surface area contributed by atoms with Crippen LogP contribution >= 0.6 is 11.5 Å². The van der Waals surface area contributed by atoms with Crippen molar-refractivity contribution in [1.82, 2.24) is 14.9 Å². The average Bonchev–Trinajstić information content (AvgIpc) is 3.08. The Labute approximate surface area is 145 Å². The molecule has 0 saturated carbocycles. The van der Waals surface area contributed by atoms with Gasteiger partial charge in [-0.05, 0) is 35.6 Å². The van der Waals surface area contributed by atoms with Crippen LogP contribution in [0.4, 0.5) is 0 Å². The van der Waals surface area contributed by atoms with Gasteiger partial charge in [0.05, 0.1) is 5.69 Å². The van der Waals surface area contributed by atoms with E-state index in [4.69, 9.17) is 9.47 Å². The van der Waals surface area contributed by atoms with Crippen molar-refractivity contribution in [3.05, 3.63) is 34.3 Å². The molecule has 1 N–H and O–H groups in total. The minimum atomic E-state index is -0.240. The molecule has 0 bridgehead atoms. The van der Waals surface area contributed by atoms with E-state index < -0.39 is 0 Å². The van der Waals surface area contributed by atoms with Crippen LogP contribution in [0.2, 0.25) is 0 Å². The van der Waals surface area contributed by atoms with Crippen LogP contribution in [0.15, 0.2) is 18.2 Å². The Balaban J connectivity index is 1.70. The molecule has 7 heteroatoms. The van der Waals surface area contributed by atoms with Gasteiger partial charge in [0.25, 0.3) is 5.91 Å². The Hall–Kier alpha value is -2.15. The zero-order valence-electron chi connectivity index (χ0n) is 14.1. The predicted molar refractivity (Wildman–Crippen MR) is 92.1 cm³/mol. The summed E-state index contributed by atoms with van der Waals surface area (Å²) in [5, 5.41) is 6.98. The second kappa shape index (κ2) is 6.76. The van der Waals surface area contributed by atoms with Gasteiger partial charge in [-0.25, -0.2) is 0 Å². The first kappa shape index (κ1) is 16.7. The molecule has 0 fully saturated rings. The lowest BCUT2D eigenvalue weighted by Crippen LogP contribution is -2.36. The highest BCUT2D eigenvalue weighted by molar-refractivity contribution is 7.08. The maximum atomic E-state index is 12.4. The van der Waals surface area contributed by atoms with Crippen LogP contribution in [0.1, 0.15) is 41.7 Å². The number of hydrogen-bond acceptors (Lipinski definition) is 6.